The molecule has 3 rings (SSSR count). The number of hydrogen-bond donors (Lipinski definition) is 2. The minimum Gasteiger partial charge on any atom is -0.381 e. The van der Waals surface area contributed by atoms with Crippen molar-refractivity contribution in [1.29, 1.82) is 0 Å². The Hall–Kier alpha value is -2.46. The van der Waals surface area contributed by atoms with Gasteiger partial charge in [0.15, 0.2) is 0 Å². The number of aromatic nitrogens is 2. The molecular weight excluding hydrogens is 286 g/mol. The van der Waals surface area contributed by atoms with E-state index in [0.29, 0.717) is 6.54 Å². The number of halogens is 1. The maximum absolute atomic E-state index is 11.5. The van der Waals surface area contributed by atoms with E-state index in [1.54, 1.807) is 17.0 Å². The van der Waals surface area contributed by atoms with E-state index in [1.807, 2.05) is 48.5 Å². The predicted molar refractivity (Wildman–Crippen MR) is 85.2 cm³/mol. The van der Waals surface area contributed by atoms with Gasteiger partial charge in [-0.1, -0.05) is 23.7 Å². The van der Waals surface area contributed by atoms with E-state index in [1.165, 1.54) is 0 Å². The van der Waals surface area contributed by atoms with Gasteiger partial charge in [0.2, 0.25) is 0 Å². The minimum atomic E-state index is -0.144. The molecule has 3 aromatic rings. The summed E-state index contributed by atoms with van der Waals surface area (Å²) in [5.41, 5.74) is 2.79. The van der Waals surface area contributed by atoms with Gasteiger partial charge in [-0.2, -0.15) is 0 Å². The number of anilines is 1. The lowest BCUT2D eigenvalue weighted by Gasteiger charge is -2.08. The van der Waals surface area contributed by atoms with Crippen LogP contribution in [0.1, 0.15) is 5.56 Å². The molecule has 0 aliphatic rings. The van der Waals surface area contributed by atoms with Crippen molar-refractivity contribution in [2.24, 2.45) is 0 Å². The number of nitrogens with one attached hydrogen (secondary N) is 2. The number of rotatable bonds is 4. The van der Waals surface area contributed by atoms with Gasteiger partial charge >= 0.3 is 5.69 Å². The number of aromatic amines is 1. The molecule has 0 amide bonds. The standard InChI is InChI=1S/C16H14ClN3O/c17-13-3-1-2-12(10-13)11-19-14-4-6-15(7-5-14)20-9-8-18-16(20)21/h1-10,19H,11H2,(H,18,21). The van der Waals surface area contributed by atoms with E-state index in [9.17, 15) is 4.79 Å². The van der Waals surface area contributed by atoms with Gasteiger partial charge in [-0.3, -0.25) is 4.57 Å². The summed E-state index contributed by atoms with van der Waals surface area (Å²) in [7, 11) is 0. The summed E-state index contributed by atoms with van der Waals surface area (Å²) in [5.74, 6) is 0. The maximum atomic E-state index is 11.5. The van der Waals surface area contributed by atoms with Gasteiger partial charge in [0.05, 0.1) is 5.69 Å². The van der Waals surface area contributed by atoms with Crippen molar-refractivity contribution >= 4 is 17.3 Å². The number of H-pyrrole nitrogens is 1. The molecule has 0 bridgehead atoms. The molecule has 5 heteroatoms. The van der Waals surface area contributed by atoms with Crippen LogP contribution in [0.2, 0.25) is 5.02 Å². The third kappa shape index (κ3) is 3.17. The predicted octanol–water partition coefficient (Wildman–Crippen LogP) is 3.43. The highest BCUT2D eigenvalue weighted by atomic mass is 35.5. The summed E-state index contributed by atoms with van der Waals surface area (Å²) in [6.07, 6.45) is 3.32. The first-order valence-corrected chi connectivity index (χ1v) is 6.95. The summed E-state index contributed by atoms with van der Waals surface area (Å²) in [5, 5.41) is 4.05. The lowest BCUT2D eigenvalue weighted by atomic mass is 10.2. The van der Waals surface area contributed by atoms with Gasteiger partial charge in [-0.05, 0) is 42.0 Å². The van der Waals surface area contributed by atoms with Gasteiger partial charge in [0, 0.05) is 29.6 Å². The number of nitrogens with zero attached hydrogens (tertiary/aromatic N) is 1. The highest BCUT2D eigenvalue weighted by Gasteiger charge is 2.00. The molecule has 4 nitrogen and oxygen atoms in total. The molecule has 1 heterocycles. The molecule has 21 heavy (non-hydrogen) atoms. The van der Waals surface area contributed by atoms with E-state index in [-0.39, 0.29) is 5.69 Å². The Balaban J connectivity index is 1.70. The normalized spacial score (nSPS) is 10.5. The minimum absolute atomic E-state index is 0.144. The fraction of sp³-hybridized carbons (Fsp3) is 0.0625. The molecule has 0 saturated heterocycles. The molecule has 2 N–H and O–H groups in total. The van der Waals surface area contributed by atoms with Crippen LogP contribution in [0.25, 0.3) is 5.69 Å². The molecule has 106 valence electrons. The third-order valence-corrected chi connectivity index (χ3v) is 3.42. The van der Waals surface area contributed by atoms with E-state index < -0.39 is 0 Å². The number of hydrogen-bond acceptors (Lipinski definition) is 2. The lowest BCUT2D eigenvalue weighted by molar-refractivity contribution is 0.987. The topological polar surface area (TPSA) is 49.8 Å². The zero-order valence-electron chi connectivity index (χ0n) is 11.2. The second-order valence-electron chi connectivity index (χ2n) is 4.67. The summed E-state index contributed by atoms with van der Waals surface area (Å²) in [4.78, 5) is 14.1. The first kappa shape index (κ1) is 13.5. The zero-order chi connectivity index (χ0) is 14.7. The largest absolute Gasteiger partial charge is 0.381 e. The Morgan fingerprint density at radius 2 is 1.95 bits per heavy atom. The van der Waals surface area contributed by atoms with Crippen molar-refractivity contribution in [2.75, 3.05) is 5.32 Å². The molecule has 0 atom stereocenters. The van der Waals surface area contributed by atoms with Crippen molar-refractivity contribution in [3.05, 3.63) is 82.0 Å². The zero-order valence-corrected chi connectivity index (χ0v) is 12.0. The quantitative estimate of drug-likeness (QED) is 0.775. The summed E-state index contributed by atoms with van der Waals surface area (Å²) in [6, 6.07) is 15.4. The van der Waals surface area contributed by atoms with Crippen LogP contribution < -0.4 is 11.0 Å². The molecule has 0 spiro atoms. The van der Waals surface area contributed by atoms with Gasteiger partial charge in [0.1, 0.15) is 0 Å². The van der Waals surface area contributed by atoms with Crippen molar-refractivity contribution in [1.82, 2.24) is 9.55 Å². The van der Waals surface area contributed by atoms with E-state index in [4.69, 9.17) is 11.6 Å². The van der Waals surface area contributed by atoms with Crippen molar-refractivity contribution < 1.29 is 0 Å². The molecular formula is C16H14ClN3O. The Kier molecular flexibility index (Phi) is 3.79. The molecule has 1 aromatic heterocycles. The highest BCUT2D eigenvalue weighted by molar-refractivity contribution is 6.30. The van der Waals surface area contributed by atoms with E-state index in [0.717, 1.165) is 22.0 Å². The van der Waals surface area contributed by atoms with Crippen molar-refractivity contribution in [3.63, 3.8) is 0 Å². The lowest BCUT2D eigenvalue weighted by Crippen LogP contribution is -2.13. The van der Waals surface area contributed by atoms with E-state index >= 15 is 0 Å². The van der Waals surface area contributed by atoms with Gasteiger partial charge in [-0.25, -0.2) is 4.79 Å². The second kappa shape index (κ2) is 5.89. The summed E-state index contributed by atoms with van der Waals surface area (Å²) < 4.78 is 1.56. The first-order valence-electron chi connectivity index (χ1n) is 6.57. The van der Waals surface area contributed by atoms with Crippen molar-refractivity contribution in [3.8, 4) is 5.69 Å². The summed E-state index contributed by atoms with van der Waals surface area (Å²) >= 11 is 5.96. The Bertz CT molecular complexity index is 790. The molecule has 0 aliphatic carbocycles. The van der Waals surface area contributed by atoms with Crippen LogP contribution >= 0.6 is 11.6 Å². The van der Waals surface area contributed by atoms with Crippen LogP contribution in [0.4, 0.5) is 5.69 Å². The molecule has 0 radical (unpaired) electrons. The highest BCUT2D eigenvalue weighted by Crippen LogP contribution is 2.15. The fourth-order valence-corrected chi connectivity index (χ4v) is 2.33. The Labute approximate surface area is 127 Å². The first-order chi connectivity index (χ1) is 10.2. The average molecular weight is 300 g/mol. The van der Waals surface area contributed by atoms with Gasteiger partial charge in [-0.15, -0.1) is 0 Å². The fourth-order valence-electron chi connectivity index (χ4n) is 2.11. The Morgan fingerprint density at radius 1 is 1.14 bits per heavy atom. The monoisotopic (exact) mass is 299 g/mol. The maximum Gasteiger partial charge on any atom is 0.330 e. The average Bonchev–Trinajstić information content (AvgIpc) is 2.92. The number of imidazole rings is 1. The van der Waals surface area contributed by atoms with Gasteiger partial charge in [0.25, 0.3) is 0 Å². The van der Waals surface area contributed by atoms with Crippen LogP contribution in [0.3, 0.4) is 0 Å². The Morgan fingerprint density at radius 3 is 2.62 bits per heavy atom. The number of benzene rings is 2. The molecule has 0 unspecified atom stereocenters. The molecule has 0 aliphatic heterocycles. The van der Waals surface area contributed by atoms with Crippen molar-refractivity contribution in [2.45, 2.75) is 6.54 Å². The van der Waals surface area contributed by atoms with Crippen LogP contribution in [-0.2, 0) is 6.54 Å². The smallest absolute Gasteiger partial charge is 0.330 e. The van der Waals surface area contributed by atoms with Crippen LogP contribution in [0, 0.1) is 0 Å². The summed E-state index contributed by atoms with van der Waals surface area (Å²) in [6.45, 7) is 0.698. The van der Waals surface area contributed by atoms with Crippen LogP contribution in [0.5, 0.6) is 0 Å². The second-order valence-corrected chi connectivity index (χ2v) is 5.10. The van der Waals surface area contributed by atoms with Crippen LogP contribution in [0.15, 0.2) is 65.7 Å². The SMILES string of the molecule is O=c1[nH]ccn1-c1ccc(NCc2cccc(Cl)c2)cc1. The van der Waals surface area contributed by atoms with E-state index in [2.05, 4.69) is 10.3 Å². The molecule has 2 aromatic carbocycles. The molecule has 0 fully saturated rings. The molecule has 0 saturated carbocycles. The third-order valence-electron chi connectivity index (χ3n) is 3.18. The van der Waals surface area contributed by atoms with Crippen LogP contribution in [-0.4, -0.2) is 9.55 Å². The van der Waals surface area contributed by atoms with Gasteiger partial charge < -0.3 is 10.3 Å².